The molecule has 6 nitrogen and oxygen atoms in total. The summed E-state index contributed by atoms with van der Waals surface area (Å²) in [6, 6.07) is 2.60. The predicted octanol–water partition coefficient (Wildman–Crippen LogP) is 2.75. The van der Waals surface area contributed by atoms with Gasteiger partial charge in [0.05, 0.1) is 6.20 Å². The Hall–Kier alpha value is -1.95. The van der Waals surface area contributed by atoms with Gasteiger partial charge in [-0.05, 0) is 32.6 Å². The summed E-state index contributed by atoms with van der Waals surface area (Å²) in [6.07, 6.45) is 8.39. The monoisotopic (exact) mass is 327 g/mol. The van der Waals surface area contributed by atoms with Gasteiger partial charge in [-0.1, -0.05) is 5.16 Å². The Labute approximate surface area is 142 Å². The number of piperidine rings is 1. The summed E-state index contributed by atoms with van der Waals surface area (Å²) in [5, 5.41) is 4.02. The number of aryl methyl sites for hydroxylation is 1. The first kappa shape index (κ1) is 15.6. The van der Waals surface area contributed by atoms with Crippen LogP contribution in [-0.2, 0) is 6.54 Å². The third kappa shape index (κ3) is 3.29. The molecule has 0 unspecified atom stereocenters. The molecule has 2 aromatic heterocycles. The molecule has 0 amide bonds. The molecule has 3 heterocycles. The molecule has 0 spiro atoms. The minimum atomic E-state index is 0.543. The number of anilines is 1. The highest BCUT2D eigenvalue weighted by Gasteiger charge is 2.31. The van der Waals surface area contributed by atoms with Crippen LogP contribution in [0.3, 0.4) is 0 Å². The number of nitrogens with zero attached hydrogens (tertiary/aromatic N) is 5. The zero-order chi connectivity index (χ0) is 16.5. The second-order valence-corrected chi connectivity index (χ2v) is 7.13. The van der Waals surface area contributed by atoms with E-state index < -0.39 is 0 Å². The van der Waals surface area contributed by atoms with Gasteiger partial charge in [-0.2, -0.15) is 0 Å². The van der Waals surface area contributed by atoms with E-state index in [2.05, 4.69) is 38.0 Å². The van der Waals surface area contributed by atoms with Gasteiger partial charge in [0.15, 0.2) is 0 Å². The maximum absolute atomic E-state index is 5.46. The molecule has 24 heavy (non-hydrogen) atoms. The van der Waals surface area contributed by atoms with E-state index in [4.69, 9.17) is 4.52 Å². The maximum atomic E-state index is 5.46. The van der Waals surface area contributed by atoms with E-state index >= 15 is 0 Å². The van der Waals surface area contributed by atoms with Crippen molar-refractivity contribution in [2.45, 2.75) is 51.1 Å². The average Bonchev–Trinajstić information content (AvgIpc) is 3.34. The minimum Gasteiger partial charge on any atom is -0.361 e. The van der Waals surface area contributed by atoms with Gasteiger partial charge in [0.1, 0.15) is 17.9 Å². The highest BCUT2D eigenvalue weighted by atomic mass is 16.5. The molecule has 2 fully saturated rings. The Balaban J connectivity index is 1.34. The molecule has 0 bridgehead atoms. The highest BCUT2D eigenvalue weighted by Crippen LogP contribution is 2.42. The number of likely N-dealkylation sites (tertiary alicyclic amines) is 1. The number of rotatable bonds is 5. The standard InChI is InChI=1S/C18H25N5O/c1-13-9-17(20-12-19-13)22(2)16-5-7-23(8-6-16)11-15-10-21-24-18(15)14-3-4-14/h9-10,12,14,16H,3-8,11H2,1-2H3. The van der Waals surface area contributed by atoms with Crippen LogP contribution >= 0.6 is 0 Å². The van der Waals surface area contributed by atoms with Crippen molar-refractivity contribution in [3.63, 3.8) is 0 Å². The van der Waals surface area contributed by atoms with Crippen LogP contribution in [0.5, 0.6) is 0 Å². The van der Waals surface area contributed by atoms with Crippen LogP contribution in [0.15, 0.2) is 23.1 Å². The van der Waals surface area contributed by atoms with Crippen molar-refractivity contribution < 1.29 is 4.52 Å². The lowest BCUT2D eigenvalue weighted by atomic mass is 10.0. The Bertz CT molecular complexity index is 688. The van der Waals surface area contributed by atoms with Crippen LogP contribution in [0, 0.1) is 6.92 Å². The largest absolute Gasteiger partial charge is 0.361 e. The van der Waals surface area contributed by atoms with Crippen molar-refractivity contribution in [3.8, 4) is 0 Å². The van der Waals surface area contributed by atoms with Crippen molar-refractivity contribution in [1.29, 1.82) is 0 Å². The maximum Gasteiger partial charge on any atom is 0.144 e. The van der Waals surface area contributed by atoms with Crippen LogP contribution in [0.2, 0.25) is 0 Å². The summed E-state index contributed by atoms with van der Waals surface area (Å²) >= 11 is 0. The molecule has 1 saturated heterocycles. The van der Waals surface area contributed by atoms with Crippen molar-refractivity contribution in [1.82, 2.24) is 20.0 Å². The van der Waals surface area contributed by atoms with E-state index in [1.807, 2.05) is 13.1 Å². The Morgan fingerprint density at radius 3 is 2.71 bits per heavy atom. The average molecular weight is 327 g/mol. The second-order valence-electron chi connectivity index (χ2n) is 7.13. The Morgan fingerprint density at radius 2 is 2.00 bits per heavy atom. The van der Waals surface area contributed by atoms with Crippen LogP contribution < -0.4 is 4.90 Å². The molecule has 6 heteroatoms. The molecule has 1 aliphatic carbocycles. The molecule has 0 atom stereocenters. The van der Waals surface area contributed by atoms with Gasteiger partial charge >= 0.3 is 0 Å². The molecule has 2 aromatic rings. The summed E-state index contributed by atoms with van der Waals surface area (Å²) in [4.78, 5) is 13.4. The lowest BCUT2D eigenvalue weighted by Crippen LogP contribution is -2.43. The van der Waals surface area contributed by atoms with E-state index in [0.29, 0.717) is 12.0 Å². The third-order valence-electron chi connectivity index (χ3n) is 5.27. The quantitative estimate of drug-likeness (QED) is 0.841. The van der Waals surface area contributed by atoms with Gasteiger partial charge in [0, 0.05) is 56.0 Å². The van der Waals surface area contributed by atoms with Crippen molar-refractivity contribution in [2.24, 2.45) is 0 Å². The van der Waals surface area contributed by atoms with Gasteiger partial charge in [0.2, 0.25) is 0 Å². The molecule has 1 saturated carbocycles. The van der Waals surface area contributed by atoms with Crippen molar-refractivity contribution in [2.75, 3.05) is 25.0 Å². The zero-order valence-corrected chi connectivity index (χ0v) is 14.5. The molecule has 0 radical (unpaired) electrons. The molecule has 0 aromatic carbocycles. The third-order valence-corrected chi connectivity index (χ3v) is 5.27. The molecular weight excluding hydrogens is 302 g/mol. The molecule has 2 aliphatic rings. The zero-order valence-electron chi connectivity index (χ0n) is 14.5. The van der Waals surface area contributed by atoms with Crippen LogP contribution in [0.1, 0.15) is 48.6 Å². The van der Waals surface area contributed by atoms with E-state index in [1.54, 1.807) is 6.33 Å². The number of aromatic nitrogens is 3. The molecule has 0 N–H and O–H groups in total. The topological polar surface area (TPSA) is 58.3 Å². The van der Waals surface area contributed by atoms with Gasteiger partial charge in [-0.15, -0.1) is 0 Å². The predicted molar refractivity (Wildman–Crippen MR) is 91.9 cm³/mol. The summed E-state index contributed by atoms with van der Waals surface area (Å²) in [5.41, 5.74) is 2.31. The Kier molecular flexibility index (Phi) is 4.22. The Morgan fingerprint density at radius 1 is 1.21 bits per heavy atom. The number of hydrogen-bond acceptors (Lipinski definition) is 6. The molecule has 128 valence electrons. The van der Waals surface area contributed by atoms with Gasteiger partial charge in [0.25, 0.3) is 0 Å². The van der Waals surface area contributed by atoms with E-state index in [9.17, 15) is 0 Å². The van der Waals surface area contributed by atoms with Gasteiger partial charge in [-0.25, -0.2) is 9.97 Å². The lowest BCUT2D eigenvalue weighted by Gasteiger charge is -2.37. The van der Waals surface area contributed by atoms with Crippen molar-refractivity contribution in [3.05, 3.63) is 35.6 Å². The smallest absolute Gasteiger partial charge is 0.144 e. The molecule has 4 rings (SSSR count). The lowest BCUT2D eigenvalue weighted by molar-refractivity contribution is 0.202. The first-order valence-corrected chi connectivity index (χ1v) is 8.88. The van der Waals surface area contributed by atoms with Gasteiger partial charge < -0.3 is 9.42 Å². The van der Waals surface area contributed by atoms with Crippen LogP contribution in [0.4, 0.5) is 5.82 Å². The SMILES string of the molecule is Cc1cc(N(C)C2CCN(Cc3cnoc3C3CC3)CC2)ncn1. The van der Waals surface area contributed by atoms with E-state index in [-0.39, 0.29) is 0 Å². The minimum absolute atomic E-state index is 0.543. The number of hydrogen-bond donors (Lipinski definition) is 0. The fraction of sp³-hybridized carbons (Fsp3) is 0.611. The van der Waals surface area contributed by atoms with E-state index in [0.717, 1.165) is 49.7 Å². The van der Waals surface area contributed by atoms with E-state index in [1.165, 1.54) is 18.4 Å². The highest BCUT2D eigenvalue weighted by molar-refractivity contribution is 5.39. The van der Waals surface area contributed by atoms with Crippen molar-refractivity contribution >= 4 is 5.82 Å². The van der Waals surface area contributed by atoms with Crippen LogP contribution in [-0.4, -0.2) is 46.2 Å². The second kappa shape index (κ2) is 6.51. The summed E-state index contributed by atoms with van der Waals surface area (Å²) in [6.45, 7) is 5.19. The summed E-state index contributed by atoms with van der Waals surface area (Å²) in [5.74, 6) is 2.79. The molecule has 1 aliphatic heterocycles. The fourth-order valence-corrected chi connectivity index (χ4v) is 3.60. The summed E-state index contributed by atoms with van der Waals surface area (Å²) < 4.78 is 5.46. The first-order valence-electron chi connectivity index (χ1n) is 8.88. The summed E-state index contributed by atoms with van der Waals surface area (Å²) in [7, 11) is 2.15. The molecular formula is C18H25N5O. The first-order chi connectivity index (χ1) is 11.7. The fourth-order valence-electron chi connectivity index (χ4n) is 3.60. The van der Waals surface area contributed by atoms with Crippen LogP contribution in [0.25, 0.3) is 0 Å². The normalized spacial score (nSPS) is 19.6. The van der Waals surface area contributed by atoms with Gasteiger partial charge in [-0.3, -0.25) is 4.90 Å².